The lowest BCUT2D eigenvalue weighted by atomic mass is 10.0. The molecule has 0 radical (unpaired) electrons. The lowest BCUT2D eigenvalue weighted by molar-refractivity contribution is -0.122. The van der Waals surface area contributed by atoms with Crippen LogP contribution < -0.4 is 14.8 Å². The van der Waals surface area contributed by atoms with Gasteiger partial charge in [0.05, 0.1) is 14.2 Å². The maximum atomic E-state index is 12.8. The number of methoxy groups -OCH3 is 2. The van der Waals surface area contributed by atoms with Crippen molar-refractivity contribution in [2.75, 3.05) is 27.3 Å². The molecule has 6 heteroatoms. The number of hydrogen-bond donors (Lipinski definition) is 1. The minimum Gasteiger partial charge on any atom is -0.493 e. The van der Waals surface area contributed by atoms with Crippen molar-refractivity contribution in [3.8, 4) is 11.5 Å². The van der Waals surface area contributed by atoms with Gasteiger partial charge in [-0.3, -0.25) is 9.59 Å². The second kappa shape index (κ2) is 10.1. The summed E-state index contributed by atoms with van der Waals surface area (Å²) in [7, 11) is 3.12. The minimum absolute atomic E-state index is 0.0275. The number of amides is 2. The molecule has 0 unspecified atom stereocenters. The number of carbonyl (C=O) groups excluding carboxylic acids is 2. The molecule has 0 aliphatic carbocycles. The lowest BCUT2D eigenvalue weighted by Crippen LogP contribution is -2.46. The van der Waals surface area contributed by atoms with Crippen LogP contribution in [0.2, 0.25) is 0 Å². The molecule has 0 saturated carbocycles. The van der Waals surface area contributed by atoms with E-state index in [1.165, 1.54) is 11.1 Å². The van der Waals surface area contributed by atoms with Gasteiger partial charge < -0.3 is 19.7 Å². The van der Waals surface area contributed by atoms with Gasteiger partial charge in [-0.25, -0.2) is 0 Å². The quantitative estimate of drug-likeness (QED) is 0.760. The van der Waals surface area contributed by atoms with Crippen LogP contribution in [-0.4, -0.2) is 50.1 Å². The number of carbonyl (C=O) groups is 2. The van der Waals surface area contributed by atoms with Crippen LogP contribution >= 0.6 is 0 Å². The largest absolute Gasteiger partial charge is 0.493 e. The number of ether oxygens (including phenoxy) is 2. The van der Waals surface area contributed by atoms with Crippen molar-refractivity contribution < 1.29 is 19.1 Å². The molecule has 0 atom stereocenters. The van der Waals surface area contributed by atoms with E-state index in [-0.39, 0.29) is 17.9 Å². The number of likely N-dealkylation sites (tertiary alicyclic amines) is 1. The second-order valence-corrected chi connectivity index (χ2v) is 7.63. The number of aryl methyl sites for hydroxylation is 2. The monoisotopic (exact) mass is 410 g/mol. The summed E-state index contributed by atoms with van der Waals surface area (Å²) in [5.41, 5.74) is 3.00. The normalized spacial score (nSPS) is 14.3. The molecule has 160 valence electrons. The Balaban J connectivity index is 1.48. The molecular weight excluding hydrogens is 380 g/mol. The molecule has 1 saturated heterocycles. The molecule has 1 fully saturated rings. The molecule has 3 rings (SSSR count). The molecule has 2 aromatic carbocycles. The van der Waals surface area contributed by atoms with Gasteiger partial charge in [0.1, 0.15) is 0 Å². The number of rotatable bonds is 7. The maximum absolute atomic E-state index is 12.8. The Morgan fingerprint density at radius 1 is 1.03 bits per heavy atom. The molecule has 6 nitrogen and oxygen atoms in total. The van der Waals surface area contributed by atoms with E-state index >= 15 is 0 Å². The summed E-state index contributed by atoms with van der Waals surface area (Å²) in [6.07, 6.45) is 2.75. The predicted octanol–water partition coefficient (Wildman–Crippen LogP) is 3.37. The number of nitrogens with zero attached hydrogens (tertiary/aromatic N) is 1. The van der Waals surface area contributed by atoms with Gasteiger partial charge in [0.25, 0.3) is 5.91 Å². The zero-order valence-corrected chi connectivity index (χ0v) is 17.9. The summed E-state index contributed by atoms with van der Waals surface area (Å²) < 4.78 is 10.5. The Labute approximate surface area is 178 Å². The van der Waals surface area contributed by atoms with Gasteiger partial charge in [-0.2, -0.15) is 0 Å². The smallest absolute Gasteiger partial charge is 0.253 e. The fourth-order valence-electron chi connectivity index (χ4n) is 3.82. The van der Waals surface area contributed by atoms with E-state index in [0.29, 0.717) is 36.6 Å². The maximum Gasteiger partial charge on any atom is 0.253 e. The molecule has 2 aromatic rings. The first-order valence-electron chi connectivity index (χ1n) is 10.4. The summed E-state index contributed by atoms with van der Waals surface area (Å²) in [6.45, 7) is 3.31. The van der Waals surface area contributed by atoms with Crippen LogP contribution in [0, 0.1) is 6.92 Å². The number of hydrogen-bond acceptors (Lipinski definition) is 4. The average Bonchev–Trinajstić information content (AvgIpc) is 2.78. The standard InChI is InChI=1S/C24H30N2O4/c1-17-6-4-5-7-18(17)9-11-23(27)25-20-12-14-26(15-13-20)24(28)19-8-10-21(29-2)22(16-19)30-3/h4-8,10,16,20H,9,11-15H2,1-3H3,(H,25,27). The molecule has 1 aliphatic heterocycles. The van der Waals surface area contributed by atoms with Gasteiger partial charge in [-0.15, -0.1) is 0 Å². The molecule has 0 spiro atoms. The first-order valence-corrected chi connectivity index (χ1v) is 10.4. The van der Waals surface area contributed by atoms with Crippen LogP contribution in [0.1, 0.15) is 40.7 Å². The third-order valence-electron chi connectivity index (χ3n) is 5.66. The Morgan fingerprint density at radius 2 is 1.73 bits per heavy atom. The van der Waals surface area contributed by atoms with Crippen LogP contribution in [0.5, 0.6) is 11.5 Å². The topological polar surface area (TPSA) is 67.9 Å². The van der Waals surface area contributed by atoms with Gasteiger partial charge in [-0.05, 0) is 55.5 Å². The summed E-state index contributed by atoms with van der Waals surface area (Å²) >= 11 is 0. The predicted molar refractivity (Wildman–Crippen MR) is 116 cm³/mol. The van der Waals surface area contributed by atoms with Crippen molar-refractivity contribution >= 4 is 11.8 Å². The SMILES string of the molecule is COc1ccc(C(=O)N2CCC(NC(=O)CCc3ccccc3C)CC2)cc1OC. The van der Waals surface area contributed by atoms with Crippen molar-refractivity contribution in [2.24, 2.45) is 0 Å². The highest BCUT2D eigenvalue weighted by molar-refractivity contribution is 5.95. The van der Waals surface area contributed by atoms with E-state index in [2.05, 4.69) is 24.4 Å². The third-order valence-corrected chi connectivity index (χ3v) is 5.66. The third kappa shape index (κ3) is 5.32. The van der Waals surface area contributed by atoms with Crippen molar-refractivity contribution in [1.29, 1.82) is 0 Å². The molecule has 0 bridgehead atoms. The van der Waals surface area contributed by atoms with Gasteiger partial charge >= 0.3 is 0 Å². The Hall–Kier alpha value is -3.02. The van der Waals surface area contributed by atoms with Crippen LogP contribution in [0.25, 0.3) is 0 Å². The van der Waals surface area contributed by atoms with Crippen molar-refractivity contribution in [2.45, 2.75) is 38.6 Å². The Morgan fingerprint density at radius 3 is 2.40 bits per heavy atom. The molecule has 0 aromatic heterocycles. The van der Waals surface area contributed by atoms with Crippen LogP contribution in [0.3, 0.4) is 0 Å². The highest BCUT2D eigenvalue weighted by Gasteiger charge is 2.25. The molecule has 30 heavy (non-hydrogen) atoms. The summed E-state index contributed by atoms with van der Waals surface area (Å²) in [5.74, 6) is 1.18. The summed E-state index contributed by atoms with van der Waals surface area (Å²) in [4.78, 5) is 27.0. The van der Waals surface area contributed by atoms with Crippen molar-refractivity contribution in [1.82, 2.24) is 10.2 Å². The van der Waals surface area contributed by atoms with Crippen LogP contribution in [0.4, 0.5) is 0 Å². The van der Waals surface area contributed by atoms with E-state index in [1.54, 1.807) is 32.4 Å². The number of piperidine rings is 1. The second-order valence-electron chi connectivity index (χ2n) is 7.63. The average molecular weight is 411 g/mol. The lowest BCUT2D eigenvalue weighted by Gasteiger charge is -2.32. The summed E-state index contributed by atoms with van der Waals surface area (Å²) in [5, 5.41) is 3.13. The number of benzene rings is 2. The minimum atomic E-state index is -0.0275. The first kappa shape index (κ1) is 21.7. The summed E-state index contributed by atoms with van der Waals surface area (Å²) in [6, 6.07) is 13.5. The molecule has 1 aliphatic rings. The molecule has 1 N–H and O–H groups in total. The van der Waals surface area contributed by atoms with Crippen LogP contribution in [0.15, 0.2) is 42.5 Å². The van der Waals surface area contributed by atoms with E-state index < -0.39 is 0 Å². The molecular formula is C24H30N2O4. The van der Waals surface area contributed by atoms with Gasteiger partial charge in [-0.1, -0.05) is 24.3 Å². The van der Waals surface area contributed by atoms with Gasteiger partial charge in [0.2, 0.25) is 5.91 Å². The fourth-order valence-corrected chi connectivity index (χ4v) is 3.82. The molecule has 2 amide bonds. The Kier molecular flexibility index (Phi) is 7.33. The van der Waals surface area contributed by atoms with E-state index in [9.17, 15) is 9.59 Å². The van der Waals surface area contributed by atoms with E-state index in [1.807, 2.05) is 17.0 Å². The van der Waals surface area contributed by atoms with Crippen molar-refractivity contribution in [3.05, 3.63) is 59.2 Å². The highest BCUT2D eigenvalue weighted by atomic mass is 16.5. The Bertz CT molecular complexity index is 889. The first-order chi connectivity index (χ1) is 14.5. The highest BCUT2D eigenvalue weighted by Crippen LogP contribution is 2.28. The molecule has 1 heterocycles. The number of nitrogens with one attached hydrogen (secondary N) is 1. The fraction of sp³-hybridized carbons (Fsp3) is 0.417. The van der Waals surface area contributed by atoms with Crippen molar-refractivity contribution in [3.63, 3.8) is 0 Å². The van der Waals surface area contributed by atoms with Gasteiger partial charge in [0.15, 0.2) is 11.5 Å². The van der Waals surface area contributed by atoms with Crippen LogP contribution in [-0.2, 0) is 11.2 Å². The van der Waals surface area contributed by atoms with E-state index in [0.717, 1.165) is 19.3 Å². The zero-order chi connectivity index (χ0) is 21.5. The zero-order valence-electron chi connectivity index (χ0n) is 17.9. The van der Waals surface area contributed by atoms with E-state index in [4.69, 9.17) is 9.47 Å². The van der Waals surface area contributed by atoms with Gasteiger partial charge in [0, 0.05) is 31.1 Å².